The van der Waals surface area contributed by atoms with Crippen LogP contribution in [0.1, 0.15) is 5.56 Å². The van der Waals surface area contributed by atoms with Crippen LogP contribution in [0.25, 0.3) is 0 Å². The van der Waals surface area contributed by atoms with Gasteiger partial charge in [0.15, 0.2) is 0 Å². The molecule has 0 radical (unpaired) electrons. The number of halogens is 2. The molecule has 0 amide bonds. The molecule has 94 valence electrons. The van der Waals surface area contributed by atoms with Crippen molar-refractivity contribution in [3.8, 4) is 5.88 Å². The van der Waals surface area contributed by atoms with Crippen LogP contribution in [0.4, 0.5) is 5.95 Å². The smallest absolute Gasteiger partial charge is 0.232 e. The first-order valence-electron chi connectivity index (χ1n) is 5.24. The minimum absolute atomic E-state index is 0.499. The number of nitrogens with one attached hydrogen (secondary N) is 1. The van der Waals surface area contributed by atoms with Gasteiger partial charge in [-0.2, -0.15) is 4.98 Å². The highest BCUT2D eigenvalue weighted by Gasteiger charge is 2.04. The lowest BCUT2D eigenvalue weighted by atomic mass is 10.2. The maximum atomic E-state index is 5.91. The number of hydrogen-bond donors (Lipinski definition) is 1. The second-order valence-corrected chi connectivity index (χ2v) is 4.83. The van der Waals surface area contributed by atoms with Crippen LogP contribution in [0.15, 0.2) is 34.9 Å². The van der Waals surface area contributed by atoms with Gasteiger partial charge in [0.25, 0.3) is 0 Å². The Morgan fingerprint density at radius 1 is 1.44 bits per heavy atom. The minimum atomic E-state index is 0.499. The zero-order valence-electron chi connectivity index (χ0n) is 9.65. The Kier molecular flexibility index (Phi) is 4.38. The van der Waals surface area contributed by atoms with Gasteiger partial charge >= 0.3 is 0 Å². The van der Waals surface area contributed by atoms with E-state index in [0.717, 1.165) is 10.0 Å². The number of hydrogen-bond acceptors (Lipinski definition) is 4. The van der Waals surface area contributed by atoms with Gasteiger partial charge in [0.2, 0.25) is 11.8 Å². The molecule has 1 aromatic carbocycles. The van der Waals surface area contributed by atoms with Crippen LogP contribution in [0.2, 0.25) is 5.02 Å². The summed E-state index contributed by atoms with van der Waals surface area (Å²) in [6, 6.07) is 7.62. The first-order valence-corrected chi connectivity index (χ1v) is 6.41. The lowest BCUT2D eigenvalue weighted by Gasteiger charge is -2.07. The highest BCUT2D eigenvalue weighted by atomic mass is 79.9. The van der Waals surface area contributed by atoms with E-state index in [1.54, 1.807) is 13.3 Å². The maximum Gasteiger partial charge on any atom is 0.232 e. The van der Waals surface area contributed by atoms with Crippen molar-refractivity contribution in [2.24, 2.45) is 0 Å². The van der Waals surface area contributed by atoms with Crippen LogP contribution in [-0.4, -0.2) is 17.1 Å². The molecule has 0 saturated heterocycles. The van der Waals surface area contributed by atoms with Crippen molar-refractivity contribution in [1.29, 1.82) is 0 Å². The third kappa shape index (κ3) is 3.34. The minimum Gasteiger partial charge on any atom is -0.480 e. The quantitative estimate of drug-likeness (QED) is 0.933. The fraction of sp³-hybridized carbons (Fsp3) is 0.167. The summed E-state index contributed by atoms with van der Waals surface area (Å²) < 4.78 is 5.82. The van der Waals surface area contributed by atoms with Crippen LogP contribution < -0.4 is 10.1 Å². The Balaban J connectivity index is 2.06. The van der Waals surface area contributed by atoms with Crippen LogP contribution in [-0.2, 0) is 6.54 Å². The zero-order chi connectivity index (χ0) is 13.0. The number of nitrogens with zero attached hydrogens (tertiary/aromatic N) is 2. The van der Waals surface area contributed by atoms with Gasteiger partial charge in [-0.05, 0) is 33.6 Å². The molecule has 0 aliphatic rings. The zero-order valence-corrected chi connectivity index (χ0v) is 12.0. The largest absolute Gasteiger partial charge is 0.480 e. The third-order valence-corrected chi connectivity index (χ3v) is 3.02. The molecule has 18 heavy (non-hydrogen) atoms. The Bertz CT molecular complexity index is 551. The molecule has 0 unspecified atom stereocenters. The molecule has 2 aromatic rings. The van der Waals surface area contributed by atoms with Crippen molar-refractivity contribution >= 4 is 33.5 Å². The van der Waals surface area contributed by atoms with E-state index in [1.165, 1.54) is 0 Å². The van der Waals surface area contributed by atoms with Crippen molar-refractivity contribution in [1.82, 2.24) is 9.97 Å². The summed E-state index contributed by atoms with van der Waals surface area (Å²) in [6.07, 6.45) is 1.64. The molecule has 0 bridgehead atoms. The normalized spacial score (nSPS) is 10.2. The third-order valence-electron chi connectivity index (χ3n) is 2.24. The van der Waals surface area contributed by atoms with Crippen molar-refractivity contribution in [2.45, 2.75) is 6.54 Å². The van der Waals surface area contributed by atoms with Gasteiger partial charge in [-0.15, -0.1) is 0 Å². The van der Waals surface area contributed by atoms with Crippen LogP contribution >= 0.6 is 27.5 Å². The van der Waals surface area contributed by atoms with Crippen LogP contribution in [0.5, 0.6) is 5.88 Å². The van der Waals surface area contributed by atoms with E-state index in [2.05, 4.69) is 31.2 Å². The summed E-state index contributed by atoms with van der Waals surface area (Å²) in [7, 11) is 1.56. The van der Waals surface area contributed by atoms with Crippen molar-refractivity contribution in [2.75, 3.05) is 12.4 Å². The van der Waals surface area contributed by atoms with E-state index < -0.39 is 0 Å². The van der Waals surface area contributed by atoms with Crippen molar-refractivity contribution in [3.05, 3.63) is 45.5 Å². The van der Waals surface area contributed by atoms with Crippen molar-refractivity contribution in [3.63, 3.8) is 0 Å². The molecule has 1 heterocycles. The molecule has 0 fully saturated rings. The van der Waals surface area contributed by atoms with E-state index in [0.29, 0.717) is 23.4 Å². The highest BCUT2D eigenvalue weighted by Crippen LogP contribution is 2.22. The van der Waals surface area contributed by atoms with E-state index >= 15 is 0 Å². The van der Waals surface area contributed by atoms with Crippen molar-refractivity contribution < 1.29 is 4.74 Å². The second kappa shape index (κ2) is 6.02. The average molecular weight is 329 g/mol. The van der Waals surface area contributed by atoms with Gasteiger partial charge in [-0.1, -0.05) is 23.7 Å². The van der Waals surface area contributed by atoms with Crippen LogP contribution in [0, 0.1) is 0 Å². The highest BCUT2D eigenvalue weighted by molar-refractivity contribution is 9.10. The summed E-state index contributed by atoms with van der Waals surface area (Å²) in [5, 5.41) is 3.82. The molecule has 0 aliphatic heterocycles. The first-order chi connectivity index (χ1) is 8.69. The van der Waals surface area contributed by atoms with E-state index in [1.807, 2.05) is 24.3 Å². The topological polar surface area (TPSA) is 47.0 Å². The first kappa shape index (κ1) is 13.1. The number of aromatic nitrogens is 2. The fourth-order valence-electron chi connectivity index (χ4n) is 1.41. The number of methoxy groups -OCH3 is 1. The predicted octanol–water partition coefficient (Wildman–Crippen LogP) is 3.51. The molecule has 2 rings (SSSR count). The van der Waals surface area contributed by atoms with Gasteiger partial charge in [0.05, 0.1) is 17.8 Å². The van der Waals surface area contributed by atoms with Gasteiger partial charge in [-0.3, -0.25) is 0 Å². The molecule has 0 spiro atoms. The summed E-state index contributed by atoms with van der Waals surface area (Å²) in [5.41, 5.74) is 1.06. The summed E-state index contributed by atoms with van der Waals surface area (Å²) >= 11 is 9.21. The Morgan fingerprint density at radius 2 is 2.28 bits per heavy atom. The SMILES string of the molecule is COc1nc(NCc2cccc(Cl)c2)ncc1Br. The van der Waals surface area contributed by atoms with Gasteiger partial charge < -0.3 is 10.1 Å². The standard InChI is InChI=1S/C12H11BrClN3O/c1-18-11-10(13)7-16-12(17-11)15-6-8-3-2-4-9(14)5-8/h2-5,7H,6H2,1H3,(H,15,16,17). The number of benzene rings is 1. The van der Waals surface area contributed by atoms with E-state index in [-0.39, 0.29) is 0 Å². The second-order valence-electron chi connectivity index (χ2n) is 3.53. The number of rotatable bonds is 4. The van der Waals surface area contributed by atoms with E-state index in [9.17, 15) is 0 Å². The lowest BCUT2D eigenvalue weighted by molar-refractivity contribution is 0.394. The van der Waals surface area contributed by atoms with Gasteiger partial charge in [0.1, 0.15) is 0 Å². The summed E-state index contributed by atoms with van der Waals surface area (Å²) in [4.78, 5) is 8.35. The molecular formula is C12H11BrClN3O. The Morgan fingerprint density at radius 3 is 3.00 bits per heavy atom. The molecule has 6 heteroatoms. The Hall–Kier alpha value is -1.33. The molecule has 1 aromatic heterocycles. The molecule has 1 N–H and O–H groups in total. The predicted molar refractivity (Wildman–Crippen MR) is 75.1 cm³/mol. The number of anilines is 1. The van der Waals surface area contributed by atoms with Gasteiger partial charge in [0, 0.05) is 11.6 Å². The number of ether oxygens (including phenoxy) is 1. The molecular weight excluding hydrogens is 318 g/mol. The molecule has 0 saturated carbocycles. The van der Waals surface area contributed by atoms with Crippen LogP contribution in [0.3, 0.4) is 0 Å². The molecule has 4 nitrogen and oxygen atoms in total. The average Bonchev–Trinajstić information content (AvgIpc) is 2.38. The molecule has 0 aliphatic carbocycles. The Labute approximate surface area is 118 Å². The maximum absolute atomic E-state index is 5.91. The lowest BCUT2D eigenvalue weighted by Crippen LogP contribution is -2.04. The van der Waals surface area contributed by atoms with E-state index in [4.69, 9.17) is 16.3 Å². The summed E-state index contributed by atoms with van der Waals surface area (Å²) in [5.74, 6) is 1.01. The fourth-order valence-corrected chi connectivity index (χ4v) is 1.97. The summed E-state index contributed by atoms with van der Waals surface area (Å²) in [6.45, 7) is 0.603. The molecule has 0 atom stereocenters. The monoisotopic (exact) mass is 327 g/mol. The van der Waals surface area contributed by atoms with Gasteiger partial charge in [-0.25, -0.2) is 4.98 Å².